The van der Waals surface area contributed by atoms with Gasteiger partial charge in [0.25, 0.3) is 5.79 Å². The molecule has 0 bridgehead atoms. The van der Waals surface area contributed by atoms with Gasteiger partial charge in [-0.2, -0.15) is 4.98 Å². The van der Waals surface area contributed by atoms with Crippen LogP contribution in [0.2, 0.25) is 0 Å². The summed E-state index contributed by atoms with van der Waals surface area (Å²) in [7, 11) is -5.54. The smallest absolute Gasteiger partial charge is 0.475 e. The van der Waals surface area contributed by atoms with Crippen molar-refractivity contribution in [3.8, 4) is 0 Å². The minimum absolute atomic E-state index is 0.140. The number of phosphoric acid groups is 1. The minimum atomic E-state index is -5.54. The highest BCUT2D eigenvalue weighted by Crippen LogP contribution is 2.51. The molecule has 0 aliphatic carbocycles. The lowest BCUT2D eigenvalue weighted by Crippen LogP contribution is -2.67. The maximum atomic E-state index is 12.9. The van der Waals surface area contributed by atoms with Gasteiger partial charge >= 0.3 is 19.5 Å². The van der Waals surface area contributed by atoms with Crippen molar-refractivity contribution in [2.24, 2.45) is 5.11 Å². The first-order valence-electron chi connectivity index (χ1n) is 12.3. The molecule has 1 aromatic rings. The molecule has 0 radical (unpaired) electrons. The van der Waals surface area contributed by atoms with Crippen molar-refractivity contribution in [1.29, 1.82) is 0 Å². The first kappa shape index (κ1) is 34.3. The van der Waals surface area contributed by atoms with Gasteiger partial charge in [0.2, 0.25) is 5.91 Å². The zero-order valence-corrected chi connectivity index (χ0v) is 23.0. The van der Waals surface area contributed by atoms with E-state index in [1.165, 1.54) is 6.07 Å². The summed E-state index contributed by atoms with van der Waals surface area (Å²) in [5, 5.41) is 67.3. The Balaban J connectivity index is 1.80. The summed E-state index contributed by atoms with van der Waals surface area (Å²) < 4.78 is 33.9. The fraction of sp³-hybridized carbons (Fsp3) is 0.700. The number of carbonyl (C=O) groups excluding carboxylic acids is 1. The topological polar surface area (TPSA) is 351 Å². The van der Waals surface area contributed by atoms with Crippen molar-refractivity contribution in [2.75, 3.05) is 18.9 Å². The number of nitrogens with zero attached hydrogens (tertiary/aromatic N) is 5. The van der Waals surface area contributed by atoms with Crippen LogP contribution in [0.5, 0.6) is 0 Å². The monoisotopic (exact) mass is 639 g/mol. The van der Waals surface area contributed by atoms with E-state index in [1.54, 1.807) is 0 Å². The van der Waals surface area contributed by atoms with Crippen LogP contribution in [-0.2, 0) is 32.7 Å². The number of aromatic nitrogens is 2. The second kappa shape index (κ2) is 13.6. The lowest BCUT2D eigenvalue weighted by Gasteiger charge is -2.46. The second-order valence-corrected chi connectivity index (χ2v) is 10.9. The van der Waals surface area contributed by atoms with Gasteiger partial charge in [0.15, 0.2) is 6.23 Å². The molecule has 23 heteroatoms. The summed E-state index contributed by atoms with van der Waals surface area (Å²) in [5.41, 5.74) is 12.9. The summed E-state index contributed by atoms with van der Waals surface area (Å²) in [6.45, 7) is -0.763. The van der Waals surface area contributed by atoms with Crippen molar-refractivity contribution in [3.63, 3.8) is 0 Å². The van der Waals surface area contributed by atoms with E-state index in [0.29, 0.717) is 0 Å². The Morgan fingerprint density at radius 1 is 1.37 bits per heavy atom. The molecule has 11 atom stereocenters. The van der Waals surface area contributed by atoms with Crippen LogP contribution in [0.3, 0.4) is 0 Å². The fourth-order valence-corrected chi connectivity index (χ4v) is 5.39. The average molecular weight is 639 g/mol. The Morgan fingerprint density at radius 2 is 2.05 bits per heavy atom. The van der Waals surface area contributed by atoms with Gasteiger partial charge in [-0.1, -0.05) is 5.11 Å². The van der Waals surface area contributed by atoms with Crippen LogP contribution in [0, 0.1) is 0 Å². The lowest BCUT2D eigenvalue weighted by molar-refractivity contribution is -0.287. The summed E-state index contributed by atoms with van der Waals surface area (Å²) in [6.07, 6.45) is -14.7. The van der Waals surface area contributed by atoms with Crippen LogP contribution in [-0.4, -0.2) is 125 Å². The number of anilines is 1. The molecule has 0 saturated carbocycles. The number of carboxylic acid groups (broad SMARTS) is 1. The largest absolute Gasteiger partial charge is 0.477 e. The van der Waals surface area contributed by atoms with Gasteiger partial charge in [-0.05, 0) is 11.6 Å². The molecular weight excluding hydrogens is 609 g/mol. The Labute approximate surface area is 240 Å². The fourth-order valence-electron chi connectivity index (χ4n) is 4.44. The number of nitrogens with two attached hydrogens (primary N) is 1. The number of nitrogen functional groups attached to an aromatic ring is 1. The molecule has 1 aromatic heterocycles. The van der Waals surface area contributed by atoms with Crippen molar-refractivity contribution in [2.45, 2.75) is 74.1 Å². The quantitative estimate of drug-likeness (QED) is 0.0456. The van der Waals surface area contributed by atoms with Crippen molar-refractivity contribution in [1.82, 2.24) is 14.9 Å². The molecule has 1 amide bonds. The highest BCUT2D eigenvalue weighted by Gasteiger charge is 2.59. The van der Waals surface area contributed by atoms with Crippen LogP contribution in [0.25, 0.3) is 10.4 Å². The summed E-state index contributed by atoms with van der Waals surface area (Å²) in [6, 6.07) is -0.390. The zero-order chi connectivity index (χ0) is 32.3. The van der Waals surface area contributed by atoms with Gasteiger partial charge in [0, 0.05) is 24.5 Å². The predicted molar refractivity (Wildman–Crippen MR) is 135 cm³/mol. The molecular formula is C20H30N7O15P. The van der Waals surface area contributed by atoms with Crippen LogP contribution >= 0.6 is 7.82 Å². The first-order valence-corrected chi connectivity index (χ1v) is 13.8. The maximum absolute atomic E-state index is 12.9. The zero-order valence-electron chi connectivity index (χ0n) is 22.1. The Hall–Kier alpha value is -3.24. The first-order chi connectivity index (χ1) is 20.0. The molecule has 2 fully saturated rings. The van der Waals surface area contributed by atoms with Gasteiger partial charge in [0.1, 0.15) is 36.3 Å². The summed E-state index contributed by atoms with van der Waals surface area (Å²) >= 11 is 0. The molecule has 2 unspecified atom stereocenters. The van der Waals surface area contributed by atoms with Crippen LogP contribution < -0.4 is 16.7 Å². The van der Waals surface area contributed by atoms with E-state index >= 15 is 0 Å². The molecule has 2 aliphatic heterocycles. The van der Waals surface area contributed by atoms with Crippen LogP contribution in [0.4, 0.5) is 5.82 Å². The molecule has 3 heterocycles. The van der Waals surface area contributed by atoms with Gasteiger partial charge in [-0.15, -0.1) is 0 Å². The lowest BCUT2D eigenvalue weighted by atomic mass is 9.88. The van der Waals surface area contributed by atoms with E-state index in [4.69, 9.17) is 29.8 Å². The number of hydrogen-bond acceptors (Lipinski definition) is 16. The normalized spacial score (nSPS) is 33.5. The van der Waals surface area contributed by atoms with E-state index in [1.807, 2.05) is 0 Å². The number of aliphatic hydroxyl groups excluding tert-OH is 5. The number of hydrogen-bond donors (Lipinski definition) is 9. The number of aliphatic hydroxyl groups is 5. The number of amides is 1. The summed E-state index contributed by atoms with van der Waals surface area (Å²) in [4.78, 5) is 52.3. The number of aliphatic carboxylic acids is 1. The van der Waals surface area contributed by atoms with Crippen molar-refractivity contribution < 1.29 is 68.2 Å². The predicted octanol–water partition coefficient (Wildman–Crippen LogP) is -3.95. The number of carbonyl (C=O) groups is 2. The molecule has 2 aliphatic rings. The maximum Gasteiger partial charge on any atom is 0.475 e. The van der Waals surface area contributed by atoms with Gasteiger partial charge in [0.05, 0.1) is 31.4 Å². The van der Waals surface area contributed by atoms with Crippen molar-refractivity contribution >= 4 is 25.5 Å². The van der Waals surface area contributed by atoms with Crippen LogP contribution in [0.15, 0.2) is 22.2 Å². The van der Waals surface area contributed by atoms with Gasteiger partial charge < -0.3 is 56.1 Å². The third-order valence-corrected chi connectivity index (χ3v) is 7.46. The third-order valence-electron chi connectivity index (χ3n) is 6.46. The van der Waals surface area contributed by atoms with E-state index in [2.05, 4.69) is 20.3 Å². The molecule has 240 valence electrons. The van der Waals surface area contributed by atoms with Gasteiger partial charge in [-0.3, -0.25) is 13.9 Å². The van der Waals surface area contributed by atoms with E-state index in [-0.39, 0.29) is 5.82 Å². The molecule has 22 nitrogen and oxygen atoms in total. The minimum Gasteiger partial charge on any atom is -0.477 e. The number of ether oxygens (including phenoxy) is 2. The van der Waals surface area contributed by atoms with Crippen LogP contribution in [0.1, 0.15) is 19.6 Å². The number of azide groups is 1. The molecule has 43 heavy (non-hydrogen) atoms. The Morgan fingerprint density at radius 3 is 2.63 bits per heavy atom. The number of nitrogens with one attached hydrogen (secondary N) is 1. The summed E-state index contributed by atoms with van der Waals surface area (Å²) in [5.74, 6) is -6.25. The molecule has 0 spiro atoms. The molecule has 0 aromatic carbocycles. The second-order valence-electron chi connectivity index (χ2n) is 9.55. The number of phosphoric ester groups is 1. The van der Waals surface area contributed by atoms with E-state index < -0.39 is 106 Å². The standard InChI is InChI=1S/C20H30N7O15P/c1-7(28)24-12-8(29)4-20(18(34)35,41-16(12)13(31)9(30)5-23-26-22)42-43(37,38)39-6-10-14(32)15(33)17(40-10)27-3-2-11(21)25-19(27)36/h2-3,8-10,12-17,29-33H,4-6H2,1H3,(H,24,28)(H,34,35)(H,37,38)(H2,21,25,36)/t8-,9+,10+,12+,13+,14?,15+,16-,17+,20+/m0/s1. The highest BCUT2D eigenvalue weighted by atomic mass is 31.2. The average Bonchev–Trinajstić information content (AvgIpc) is 3.19. The molecule has 3 rings (SSSR count). The molecule has 10 N–H and O–H groups in total. The third kappa shape index (κ3) is 7.84. The molecule has 2 saturated heterocycles. The number of rotatable bonds is 12. The Kier molecular flexibility index (Phi) is 10.8. The Bertz CT molecular complexity index is 1340. The van der Waals surface area contributed by atoms with E-state index in [9.17, 15) is 54.5 Å². The SMILES string of the molecule is CC(=O)N[C@H]1[C@@H]([C@H](O)[C@H](O)CN=[N+]=[N-])O[C@](OP(=O)(O)OC[C@H]2O[C@@H](n3ccc(N)nc3=O)[C@H](O)C2O)(C(=O)O)C[C@@H]1O. The number of carboxylic acids is 1. The highest BCUT2D eigenvalue weighted by molar-refractivity contribution is 7.47. The van der Waals surface area contributed by atoms with Gasteiger partial charge in [-0.25, -0.2) is 18.7 Å². The van der Waals surface area contributed by atoms with Crippen molar-refractivity contribution in [3.05, 3.63) is 33.2 Å². The van der Waals surface area contributed by atoms with E-state index in [0.717, 1.165) is 17.7 Å².